The zero-order chi connectivity index (χ0) is 11.1. The lowest BCUT2D eigenvalue weighted by Gasteiger charge is -2.49. The van der Waals surface area contributed by atoms with E-state index in [1.54, 1.807) is 0 Å². The van der Waals surface area contributed by atoms with E-state index in [1.807, 2.05) is 6.92 Å². The van der Waals surface area contributed by atoms with Gasteiger partial charge in [0.2, 0.25) is 0 Å². The maximum Gasteiger partial charge on any atom is 0.192 e. The molecule has 0 amide bonds. The van der Waals surface area contributed by atoms with E-state index in [0.717, 1.165) is 0 Å². The normalized spacial score (nSPS) is 14.5. The van der Waals surface area contributed by atoms with Crippen molar-refractivity contribution in [3.63, 3.8) is 0 Å². The quantitative estimate of drug-likeness (QED) is 0.644. The van der Waals surface area contributed by atoms with Crippen LogP contribution in [0.1, 0.15) is 48.5 Å². The third-order valence-corrected chi connectivity index (χ3v) is 3.87. The molecular weight excluding hydrogens is 180 g/mol. The van der Waals surface area contributed by atoms with Crippen molar-refractivity contribution in [1.82, 2.24) is 0 Å². The van der Waals surface area contributed by atoms with Crippen molar-refractivity contribution in [2.24, 2.45) is 16.2 Å². The van der Waals surface area contributed by atoms with Crippen molar-refractivity contribution in [1.29, 1.82) is 0 Å². The van der Waals surface area contributed by atoms with Crippen LogP contribution in [0.5, 0.6) is 0 Å². The Morgan fingerprint density at radius 2 is 1.08 bits per heavy atom. The van der Waals surface area contributed by atoms with Crippen molar-refractivity contribution < 1.29 is 4.79 Å². The molecule has 0 aromatic carbocycles. The molecular formula is C11H22OS. The molecule has 2 heteroatoms. The molecule has 1 nitrogen and oxygen atoms in total. The van der Waals surface area contributed by atoms with E-state index in [2.05, 4.69) is 54.2 Å². The van der Waals surface area contributed by atoms with Gasteiger partial charge in [0.05, 0.1) is 0 Å². The highest BCUT2D eigenvalue weighted by atomic mass is 32.1. The van der Waals surface area contributed by atoms with Gasteiger partial charge in [-0.25, -0.2) is 0 Å². The fourth-order valence-electron chi connectivity index (χ4n) is 1.77. The predicted molar refractivity (Wildman–Crippen MR) is 61.0 cm³/mol. The highest BCUT2D eigenvalue weighted by Gasteiger charge is 2.50. The number of hydrogen-bond donors (Lipinski definition) is 1. The van der Waals surface area contributed by atoms with Crippen LogP contribution in [0.25, 0.3) is 0 Å². The second-order valence-electron chi connectivity index (χ2n) is 5.93. The Morgan fingerprint density at radius 1 is 0.846 bits per heavy atom. The number of carbonyl (C=O) groups is 1. The molecule has 0 N–H and O–H groups in total. The summed E-state index contributed by atoms with van der Waals surface area (Å²) in [4.78, 5) is 11.6. The fourth-order valence-corrected chi connectivity index (χ4v) is 2.44. The Kier molecular flexibility index (Phi) is 3.31. The first-order chi connectivity index (χ1) is 5.44. The molecule has 0 atom stereocenters. The van der Waals surface area contributed by atoms with Gasteiger partial charge >= 0.3 is 0 Å². The van der Waals surface area contributed by atoms with E-state index < -0.39 is 5.41 Å². The van der Waals surface area contributed by atoms with Gasteiger partial charge in [-0.2, -0.15) is 0 Å². The van der Waals surface area contributed by atoms with Crippen molar-refractivity contribution in [3.8, 4) is 0 Å². The number of thiol groups is 1. The van der Waals surface area contributed by atoms with Crippen LogP contribution >= 0.6 is 12.6 Å². The monoisotopic (exact) mass is 202 g/mol. The smallest absolute Gasteiger partial charge is 0.192 e. The first kappa shape index (κ1) is 13.0. The van der Waals surface area contributed by atoms with E-state index in [1.165, 1.54) is 0 Å². The lowest BCUT2D eigenvalue weighted by atomic mass is 9.56. The molecule has 0 spiro atoms. The van der Waals surface area contributed by atoms with Crippen LogP contribution in [0.2, 0.25) is 0 Å². The highest BCUT2D eigenvalue weighted by molar-refractivity contribution is 7.96. The Hall–Kier alpha value is 0.0200. The third kappa shape index (κ3) is 2.09. The number of rotatable bonds is 1. The molecule has 0 saturated heterocycles. The minimum absolute atomic E-state index is 0.0208. The lowest BCUT2D eigenvalue weighted by Crippen LogP contribution is -2.48. The Bertz CT molecular complexity index is 191. The summed E-state index contributed by atoms with van der Waals surface area (Å²) in [5, 5.41) is -0.0208. The summed E-state index contributed by atoms with van der Waals surface area (Å²) < 4.78 is 0. The van der Waals surface area contributed by atoms with Gasteiger partial charge in [-0.15, -0.1) is 12.6 Å². The van der Waals surface area contributed by atoms with Gasteiger partial charge < -0.3 is 0 Å². The number of carbonyl (C=O) groups excluding carboxylic acids is 1. The zero-order valence-corrected chi connectivity index (χ0v) is 10.7. The van der Waals surface area contributed by atoms with Crippen LogP contribution < -0.4 is 0 Å². The summed E-state index contributed by atoms with van der Waals surface area (Å²) in [5.41, 5.74) is -0.530. The molecule has 0 aliphatic heterocycles. The van der Waals surface area contributed by atoms with E-state index in [-0.39, 0.29) is 15.9 Å². The maximum atomic E-state index is 11.6. The van der Waals surface area contributed by atoms with Crippen LogP contribution in [0.4, 0.5) is 0 Å². The molecule has 0 fully saturated rings. The van der Waals surface area contributed by atoms with Crippen molar-refractivity contribution >= 4 is 17.7 Å². The molecule has 0 aliphatic carbocycles. The van der Waals surface area contributed by atoms with Crippen molar-refractivity contribution in [2.45, 2.75) is 48.5 Å². The molecule has 0 radical (unpaired) electrons. The standard InChI is InChI=1S/C11H22OS/c1-9(2,3)11(7,8(12)13)10(4,5)6/h1-7H3,(H,12,13). The molecule has 0 aliphatic rings. The molecule has 78 valence electrons. The minimum atomic E-state index is -0.400. The molecule has 0 aromatic rings. The summed E-state index contributed by atoms with van der Waals surface area (Å²) in [6.07, 6.45) is 0. The van der Waals surface area contributed by atoms with Crippen molar-refractivity contribution in [2.75, 3.05) is 0 Å². The third-order valence-electron chi connectivity index (χ3n) is 3.43. The maximum absolute atomic E-state index is 11.6. The Morgan fingerprint density at radius 3 is 1.08 bits per heavy atom. The van der Waals surface area contributed by atoms with Gasteiger partial charge in [0.15, 0.2) is 5.12 Å². The van der Waals surface area contributed by atoms with Crippen LogP contribution in [-0.4, -0.2) is 5.12 Å². The second-order valence-corrected chi connectivity index (χ2v) is 6.34. The van der Waals surface area contributed by atoms with Gasteiger partial charge in [-0.05, 0) is 10.8 Å². The molecule has 0 bridgehead atoms. The lowest BCUT2D eigenvalue weighted by molar-refractivity contribution is -0.133. The summed E-state index contributed by atoms with van der Waals surface area (Å²) in [6, 6.07) is 0. The van der Waals surface area contributed by atoms with Gasteiger partial charge in [0.25, 0.3) is 0 Å². The fraction of sp³-hybridized carbons (Fsp3) is 0.909. The van der Waals surface area contributed by atoms with Gasteiger partial charge in [-0.1, -0.05) is 48.5 Å². The van der Waals surface area contributed by atoms with E-state index in [0.29, 0.717) is 0 Å². The first-order valence-electron chi connectivity index (χ1n) is 4.68. The van der Waals surface area contributed by atoms with E-state index in [4.69, 9.17) is 0 Å². The Balaban J connectivity index is 5.35. The van der Waals surface area contributed by atoms with Gasteiger partial charge in [0, 0.05) is 5.41 Å². The van der Waals surface area contributed by atoms with Gasteiger partial charge in [-0.3, -0.25) is 4.79 Å². The van der Waals surface area contributed by atoms with Crippen LogP contribution in [0, 0.1) is 16.2 Å². The minimum Gasteiger partial charge on any atom is -0.287 e. The molecule has 13 heavy (non-hydrogen) atoms. The molecule has 0 rings (SSSR count). The summed E-state index contributed by atoms with van der Waals surface area (Å²) in [6.45, 7) is 14.5. The van der Waals surface area contributed by atoms with E-state index in [9.17, 15) is 4.79 Å². The van der Waals surface area contributed by atoms with Crippen LogP contribution in [-0.2, 0) is 4.79 Å². The summed E-state index contributed by atoms with van der Waals surface area (Å²) in [7, 11) is 0. The van der Waals surface area contributed by atoms with Crippen molar-refractivity contribution in [3.05, 3.63) is 0 Å². The Labute approximate surface area is 87.7 Å². The molecule has 0 unspecified atom stereocenters. The number of hydrogen-bond acceptors (Lipinski definition) is 1. The summed E-state index contributed by atoms with van der Waals surface area (Å²) >= 11 is 4.03. The zero-order valence-electron chi connectivity index (χ0n) is 9.86. The largest absolute Gasteiger partial charge is 0.287 e. The van der Waals surface area contributed by atoms with Gasteiger partial charge in [0.1, 0.15) is 0 Å². The topological polar surface area (TPSA) is 17.1 Å². The average Bonchev–Trinajstić information content (AvgIpc) is 1.80. The average molecular weight is 202 g/mol. The predicted octanol–water partition coefficient (Wildman–Crippen LogP) is 3.54. The summed E-state index contributed by atoms with van der Waals surface area (Å²) in [5.74, 6) is 0. The second kappa shape index (κ2) is 3.30. The molecule has 0 heterocycles. The highest BCUT2D eigenvalue weighted by Crippen LogP contribution is 2.52. The van der Waals surface area contributed by atoms with Crippen LogP contribution in [0.15, 0.2) is 0 Å². The van der Waals surface area contributed by atoms with Crippen LogP contribution in [0.3, 0.4) is 0 Å². The molecule has 0 aromatic heterocycles. The molecule has 0 saturated carbocycles. The SMILES string of the molecule is CC(C)(C)C(C)(C(=O)S)C(C)(C)C. The first-order valence-corrected chi connectivity index (χ1v) is 5.12. The van der Waals surface area contributed by atoms with E-state index >= 15 is 0 Å².